The molecule has 2 rings (SSSR count). The Morgan fingerprint density at radius 3 is 2.63 bits per heavy atom. The van der Waals surface area contributed by atoms with Gasteiger partial charge in [0.25, 0.3) is 0 Å². The molecule has 0 radical (unpaired) electrons. The van der Waals surface area contributed by atoms with Crippen molar-refractivity contribution in [2.75, 3.05) is 18.5 Å². The SMILES string of the molecule is CCNc1nc(COCC)nc(C2CCCC2)c1I. The highest BCUT2D eigenvalue weighted by molar-refractivity contribution is 14.1. The van der Waals surface area contributed by atoms with Gasteiger partial charge in [-0.15, -0.1) is 0 Å². The maximum atomic E-state index is 5.45. The predicted molar refractivity (Wildman–Crippen MR) is 85.5 cm³/mol. The van der Waals surface area contributed by atoms with Crippen LogP contribution in [0.5, 0.6) is 0 Å². The van der Waals surface area contributed by atoms with E-state index in [9.17, 15) is 0 Å². The molecule has 0 unspecified atom stereocenters. The second-order valence-electron chi connectivity index (χ2n) is 4.84. The van der Waals surface area contributed by atoms with Crippen molar-refractivity contribution in [2.45, 2.75) is 52.1 Å². The second kappa shape index (κ2) is 7.38. The third kappa shape index (κ3) is 3.78. The van der Waals surface area contributed by atoms with Crippen molar-refractivity contribution >= 4 is 28.4 Å². The minimum absolute atomic E-state index is 0.505. The molecule has 0 saturated heterocycles. The summed E-state index contributed by atoms with van der Waals surface area (Å²) in [7, 11) is 0. The first kappa shape index (κ1) is 15.0. The fourth-order valence-electron chi connectivity index (χ4n) is 2.52. The van der Waals surface area contributed by atoms with Crippen LogP contribution < -0.4 is 5.32 Å². The number of hydrogen-bond acceptors (Lipinski definition) is 4. The van der Waals surface area contributed by atoms with Gasteiger partial charge in [0.2, 0.25) is 0 Å². The Bertz CT molecular complexity index is 419. The molecule has 1 N–H and O–H groups in total. The van der Waals surface area contributed by atoms with Crippen LogP contribution in [-0.4, -0.2) is 23.1 Å². The van der Waals surface area contributed by atoms with E-state index in [1.54, 1.807) is 0 Å². The van der Waals surface area contributed by atoms with Crippen LogP contribution in [0.3, 0.4) is 0 Å². The number of ether oxygens (including phenoxy) is 1. The third-order valence-electron chi connectivity index (χ3n) is 3.44. The average molecular weight is 375 g/mol. The third-order valence-corrected chi connectivity index (χ3v) is 4.51. The summed E-state index contributed by atoms with van der Waals surface area (Å²) in [5.41, 5.74) is 1.22. The molecule has 0 atom stereocenters. The molecular formula is C14H22IN3O. The van der Waals surface area contributed by atoms with E-state index < -0.39 is 0 Å². The Hall–Kier alpha value is -0.430. The topological polar surface area (TPSA) is 47.0 Å². The molecule has 0 aromatic carbocycles. The molecule has 1 aliphatic rings. The van der Waals surface area contributed by atoms with E-state index in [4.69, 9.17) is 9.72 Å². The first-order valence-corrected chi connectivity index (χ1v) is 8.22. The van der Waals surface area contributed by atoms with Crippen LogP contribution in [0, 0.1) is 3.57 Å². The van der Waals surface area contributed by atoms with E-state index in [-0.39, 0.29) is 0 Å². The fourth-order valence-corrected chi connectivity index (χ4v) is 3.40. The molecule has 0 bridgehead atoms. The van der Waals surface area contributed by atoms with Gasteiger partial charge >= 0.3 is 0 Å². The number of nitrogens with one attached hydrogen (secondary N) is 1. The van der Waals surface area contributed by atoms with Crippen molar-refractivity contribution in [3.05, 3.63) is 15.1 Å². The highest BCUT2D eigenvalue weighted by atomic mass is 127. The zero-order chi connectivity index (χ0) is 13.7. The Morgan fingerprint density at radius 1 is 1.26 bits per heavy atom. The van der Waals surface area contributed by atoms with Gasteiger partial charge in [0, 0.05) is 19.1 Å². The Balaban J connectivity index is 2.29. The molecule has 1 aromatic rings. The number of hydrogen-bond donors (Lipinski definition) is 1. The lowest BCUT2D eigenvalue weighted by Gasteiger charge is -2.16. The first-order valence-electron chi connectivity index (χ1n) is 7.14. The normalized spacial score (nSPS) is 15.9. The van der Waals surface area contributed by atoms with Crippen LogP contribution >= 0.6 is 22.6 Å². The summed E-state index contributed by atoms with van der Waals surface area (Å²) in [5, 5.41) is 3.34. The molecule has 1 aliphatic carbocycles. The predicted octanol–water partition coefficient (Wildman–Crippen LogP) is 3.71. The number of aromatic nitrogens is 2. The first-order chi connectivity index (χ1) is 9.26. The van der Waals surface area contributed by atoms with Crippen molar-refractivity contribution in [2.24, 2.45) is 0 Å². The van der Waals surface area contributed by atoms with E-state index >= 15 is 0 Å². The van der Waals surface area contributed by atoms with Gasteiger partial charge in [0.05, 0.1) is 9.26 Å². The van der Waals surface area contributed by atoms with Gasteiger partial charge in [-0.25, -0.2) is 9.97 Å². The Labute approximate surface area is 128 Å². The molecule has 0 aliphatic heterocycles. The lowest BCUT2D eigenvalue weighted by atomic mass is 10.0. The van der Waals surface area contributed by atoms with Crippen molar-refractivity contribution in [1.29, 1.82) is 0 Å². The molecule has 0 spiro atoms. The molecule has 1 fully saturated rings. The van der Waals surface area contributed by atoms with Crippen molar-refractivity contribution in [1.82, 2.24) is 9.97 Å². The van der Waals surface area contributed by atoms with Gasteiger partial charge in [0.15, 0.2) is 5.82 Å². The number of nitrogens with zero attached hydrogens (tertiary/aromatic N) is 2. The average Bonchev–Trinajstić information content (AvgIpc) is 2.93. The van der Waals surface area contributed by atoms with E-state index in [0.29, 0.717) is 19.1 Å². The molecule has 106 valence electrons. The highest BCUT2D eigenvalue weighted by Crippen LogP contribution is 2.36. The highest BCUT2D eigenvalue weighted by Gasteiger charge is 2.23. The minimum Gasteiger partial charge on any atom is -0.374 e. The van der Waals surface area contributed by atoms with Crippen molar-refractivity contribution in [3.8, 4) is 0 Å². The van der Waals surface area contributed by atoms with Gasteiger partial charge in [-0.05, 0) is 49.3 Å². The van der Waals surface area contributed by atoms with Crippen molar-refractivity contribution < 1.29 is 4.74 Å². The lowest BCUT2D eigenvalue weighted by Crippen LogP contribution is -2.12. The van der Waals surface area contributed by atoms with Gasteiger partial charge in [-0.3, -0.25) is 0 Å². The second-order valence-corrected chi connectivity index (χ2v) is 5.92. The van der Waals surface area contributed by atoms with Crippen molar-refractivity contribution in [3.63, 3.8) is 0 Å². The summed E-state index contributed by atoms with van der Waals surface area (Å²) in [4.78, 5) is 9.33. The van der Waals surface area contributed by atoms with Crippen LogP contribution in [0.25, 0.3) is 0 Å². The zero-order valence-electron chi connectivity index (χ0n) is 11.7. The maximum absolute atomic E-state index is 5.45. The molecular weight excluding hydrogens is 353 g/mol. The monoisotopic (exact) mass is 375 g/mol. The quantitative estimate of drug-likeness (QED) is 0.771. The summed E-state index contributed by atoms with van der Waals surface area (Å²) < 4.78 is 6.64. The molecule has 19 heavy (non-hydrogen) atoms. The Morgan fingerprint density at radius 2 is 2.00 bits per heavy atom. The fraction of sp³-hybridized carbons (Fsp3) is 0.714. The zero-order valence-corrected chi connectivity index (χ0v) is 13.9. The molecule has 1 heterocycles. The van der Waals surface area contributed by atoms with E-state index in [2.05, 4.69) is 39.8 Å². The van der Waals surface area contributed by atoms with Crippen LogP contribution in [0.2, 0.25) is 0 Å². The summed E-state index contributed by atoms with van der Waals surface area (Å²) in [6.45, 7) is 6.17. The maximum Gasteiger partial charge on any atom is 0.156 e. The van der Waals surface area contributed by atoms with Gasteiger partial charge in [-0.2, -0.15) is 0 Å². The van der Waals surface area contributed by atoms with E-state index in [1.807, 2.05) is 6.92 Å². The van der Waals surface area contributed by atoms with Gasteiger partial charge in [0.1, 0.15) is 12.4 Å². The molecule has 0 amide bonds. The summed E-state index contributed by atoms with van der Waals surface area (Å²) >= 11 is 2.38. The van der Waals surface area contributed by atoms with E-state index in [1.165, 1.54) is 34.9 Å². The number of halogens is 1. The van der Waals surface area contributed by atoms with Crippen LogP contribution in [-0.2, 0) is 11.3 Å². The number of anilines is 1. The van der Waals surface area contributed by atoms with Crippen LogP contribution in [0.4, 0.5) is 5.82 Å². The Kier molecular flexibility index (Phi) is 5.81. The largest absolute Gasteiger partial charge is 0.374 e. The van der Waals surface area contributed by atoms with Crippen LogP contribution in [0.1, 0.15) is 57.0 Å². The molecule has 1 saturated carbocycles. The standard InChI is InChI=1S/C14H22IN3O/c1-3-16-14-12(15)13(10-7-5-6-8-10)17-11(18-14)9-19-4-2/h10H,3-9H2,1-2H3,(H,16,17,18). The molecule has 5 heteroatoms. The smallest absolute Gasteiger partial charge is 0.156 e. The van der Waals surface area contributed by atoms with Gasteiger partial charge < -0.3 is 10.1 Å². The molecule has 4 nitrogen and oxygen atoms in total. The van der Waals surface area contributed by atoms with Crippen LogP contribution in [0.15, 0.2) is 0 Å². The number of rotatable bonds is 6. The molecule has 1 aromatic heterocycles. The summed E-state index contributed by atoms with van der Waals surface area (Å²) in [6.07, 6.45) is 5.16. The minimum atomic E-state index is 0.505. The lowest BCUT2D eigenvalue weighted by molar-refractivity contribution is 0.128. The van der Waals surface area contributed by atoms with E-state index in [0.717, 1.165) is 18.2 Å². The summed E-state index contributed by atoms with van der Waals surface area (Å²) in [6, 6.07) is 0. The summed E-state index contributed by atoms with van der Waals surface area (Å²) in [5.74, 6) is 2.38. The van der Waals surface area contributed by atoms with Gasteiger partial charge in [-0.1, -0.05) is 12.8 Å².